The second-order valence-electron chi connectivity index (χ2n) is 6.12. The maximum Gasteiger partial charge on any atom is 0.243 e. The molecule has 0 spiro atoms. The molecule has 10 heteroatoms. The Morgan fingerprint density at radius 1 is 1.15 bits per heavy atom. The fourth-order valence-corrected chi connectivity index (χ4v) is 4.29. The Labute approximate surface area is 174 Å². The van der Waals surface area contributed by atoms with Gasteiger partial charge in [0, 0.05) is 38.3 Å². The predicted octanol–water partition coefficient (Wildman–Crippen LogP) is 1.79. The fraction of sp³-hybridized carbons (Fsp3) is 0.588. The van der Waals surface area contributed by atoms with Crippen LogP contribution in [0.2, 0.25) is 0 Å². The number of carbonyl (C=O) groups is 1. The van der Waals surface area contributed by atoms with Crippen LogP contribution in [0.4, 0.5) is 5.69 Å². The summed E-state index contributed by atoms with van der Waals surface area (Å²) in [5, 5.41) is 5.77. The van der Waals surface area contributed by atoms with E-state index >= 15 is 0 Å². The topological polar surface area (TPSA) is 81.8 Å². The number of nitrogens with one attached hydrogen (secondary N) is 2. The first-order valence-corrected chi connectivity index (χ1v) is 10.2. The van der Waals surface area contributed by atoms with Crippen molar-refractivity contribution in [2.45, 2.75) is 24.7 Å². The van der Waals surface area contributed by atoms with Gasteiger partial charge in [0.15, 0.2) is 0 Å². The number of benzene rings is 1. The highest BCUT2D eigenvalue weighted by Gasteiger charge is 2.28. The highest BCUT2D eigenvalue weighted by molar-refractivity contribution is 7.89. The Morgan fingerprint density at radius 3 is 2.41 bits per heavy atom. The molecule has 1 aliphatic heterocycles. The average Bonchev–Trinajstić information content (AvgIpc) is 2.62. The Balaban J connectivity index is 0.00000338. The van der Waals surface area contributed by atoms with Crippen LogP contribution in [0.25, 0.3) is 0 Å². The first-order valence-electron chi connectivity index (χ1n) is 8.74. The van der Waals surface area contributed by atoms with Crippen molar-refractivity contribution in [1.82, 2.24) is 14.5 Å². The molecule has 0 aromatic heterocycles. The quantitative estimate of drug-likeness (QED) is 0.602. The number of amides is 1. The van der Waals surface area contributed by atoms with Gasteiger partial charge in [-0.3, -0.25) is 4.79 Å². The molecule has 0 bridgehead atoms. The minimum Gasteiger partial charge on any atom is -0.326 e. The molecule has 1 saturated heterocycles. The Morgan fingerprint density at radius 2 is 1.81 bits per heavy atom. The van der Waals surface area contributed by atoms with E-state index in [-0.39, 0.29) is 35.6 Å². The standard InChI is InChI=1S/C17H28N4O3S.2ClH/c1-3-20-10-12-21(13-11-20)25(23,24)16-7-4-6-15(14-16)19-17(22)8-5-9-18-2;;/h4,6-7,14,18H,3,5,8-13H2,1-2H3,(H,19,22);2*1H. The number of sulfonamides is 1. The largest absolute Gasteiger partial charge is 0.326 e. The molecule has 0 atom stereocenters. The molecule has 1 aliphatic rings. The van der Waals surface area contributed by atoms with Gasteiger partial charge in [0.2, 0.25) is 15.9 Å². The Kier molecular flexibility index (Phi) is 12.1. The molecule has 156 valence electrons. The minimum atomic E-state index is -3.53. The fourth-order valence-electron chi connectivity index (χ4n) is 2.82. The van der Waals surface area contributed by atoms with Crippen molar-refractivity contribution < 1.29 is 13.2 Å². The summed E-state index contributed by atoms with van der Waals surface area (Å²) in [6.45, 7) is 6.27. The maximum atomic E-state index is 12.8. The van der Waals surface area contributed by atoms with E-state index in [0.717, 1.165) is 32.6 Å². The second-order valence-corrected chi connectivity index (χ2v) is 8.06. The molecule has 1 fully saturated rings. The van der Waals surface area contributed by atoms with Gasteiger partial charge in [-0.1, -0.05) is 13.0 Å². The number of nitrogens with zero attached hydrogens (tertiary/aromatic N) is 2. The van der Waals surface area contributed by atoms with E-state index in [1.165, 1.54) is 10.4 Å². The summed E-state index contributed by atoms with van der Waals surface area (Å²) in [5.41, 5.74) is 0.516. The highest BCUT2D eigenvalue weighted by atomic mass is 35.5. The molecule has 7 nitrogen and oxygen atoms in total. The molecule has 0 radical (unpaired) electrons. The lowest BCUT2D eigenvalue weighted by Crippen LogP contribution is -2.48. The lowest BCUT2D eigenvalue weighted by atomic mass is 10.2. The summed E-state index contributed by atoms with van der Waals surface area (Å²) in [6.07, 6.45) is 1.14. The lowest BCUT2D eigenvalue weighted by molar-refractivity contribution is -0.116. The van der Waals surface area contributed by atoms with E-state index in [0.29, 0.717) is 25.2 Å². The third-order valence-electron chi connectivity index (χ3n) is 4.36. The average molecular weight is 441 g/mol. The summed E-state index contributed by atoms with van der Waals surface area (Å²) in [5.74, 6) is -0.110. The van der Waals surface area contributed by atoms with Gasteiger partial charge in [-0.15, -0.1) is 24.8 Å². The Hall–Kier alpha value is -0.900. The zero-order valence-corrected chi connectivity index (χ0v) is 18.3. The van der Waals surface area contributed by atoms with Crippen LogP contribution in [0.1, 0.15) is 19.8 Å². The van der Waals surface area contributed by atoms with Crippen molar-refractivity contribution in [2.75, 3.05) is 51.6 Å². The summed E-state index contributed by atoms with van der Waals surface area (Å²) < 4.78 is 27.2. The SMILES string of the molecule is CCN1CCN(S(=O)(=O)c2cccc(NC(=O)CCCNC)c2)CC1.Cl.Cl. The van der Waals surface area contributed by atoms with E-state index in [4.69, 9.17) is 0 Å². The van der Waals surface area contributed by atoms with Crippen molar-refractivity contribution in [3.05, 3.63) is 24.3 Å². The van der Waals surface area contributed by atoms with Crippen LogP contribution in [0, 0.1) is 0 Å². The highest BCUT2D eigenvalue weighted by Crippen LogP contribution is 2.21. The number of rotatable bonds is 8. The van der Waals surface area contributed by atoms with Gasteiger partial charge in [-0.05, 0) is 44.8 Å². The van der Waals surface area contributed by atoms with Gasteiger partial charge >= 0.3 is 0 Å². The molecule has 1 heterocycles. The predicted molar refractivity (Wildman–Crippen MR) is 114 cm³/mol. The number of hydrogen-bond donors (Lipinski definition) is 2. The zero-order chi connectivity index (χ0) is 18.3. The van der Waals surface area contributed by atoms with Gasteiger partial charge in [-0.25, -0.2) is 8.42 Å². The molecule has 1 aromatic carbocycles. The molecule has 1 amide bonds. The van der Waals surface area contributed by atoms with Gasteiger partial charge in [0.1, 0.15) is 0 Å². The van der Waals surface area contributed by atoms with Crippen LogP contribution in [-0.2, 0) is 14.8 Å². The van der Waals surface area contributed by atoms with Crippen molar-refractivity contribution in [3.63, 3.8) is 0 Å². The number of carbonyl (C=O) groups excluding carboxylic acids is 1. The van der Waals surface area contributed by atoms with Crippen LogP contribution in [-0.4, -0.2) is 69.8 Å². The molecule has 27 heavy (non-hydrogen) atoms. The molecule has 2 rings (SSSR count). The summed E-state index contributed by atoms with van der Waals surface area (Å²) >= 11 is 0. The second kappa shape index (κ2) is 12.5. The Bertz CT molecular complexity index is 681. The van der Waals surface area contributed by atoms with E-state index in [2.05, 4.69) is 22.5 Å². The molecule has 2 N–H and O–H groups in total. The first kappa shape index (κ1) is 26.1. The molecule has 0 saturated carbocycles. The van der Waals surface area contributed by atoms with E-state index in [9.17, 15) is 13.2 Å². The summed E-state index contributed by atoms with van der Waals surface area (Å²) in [6, 6.07) is 6.50. The third kappa shape index (κ3) is 7.56. The molecule has 0 unspecified atom stereocenters. The number of likely N-dealkylation sites (N-methyl/N-ethyl adjacent to an activating group) is 1. The zero-order valence-electron chi connectivity index (χ0n) is 15.8. The van der Waals surface area contributed by atoms with Gasteiger partial charge in [0.25, 0.3) is 0 Å². The number of piperazine rings is 1. The minimum absolute atomic E-state index is 0. The van der Waals surface area contributed by atoms with Crippen molar-refractivity contribution in [3.8, 4) is 0 Å². The number of anilines is 1. The van der Waals surface area contributed by atoms with Crippen LogP contribution < -0.4 is 10.6 Å². The summed E-state index contributed by atoms with van der Waals surface area (Å²) in [4.78, 5) is 14.4. The smallest absolute Gasteiger partial charge is 0.243 e. The van der Waals surface area contributed by atoms with Crippen LogP contribution in [0.15, 0.2) is 29.2 Å². The van der Waals surface area contributed by atoms with Gasteiger partial charge in [-0.2, -0.15) is 4.31 Å². The van der Waals surface area contributed by atoms with Crippen LogP contribution in [0.5, 0.6) is 0 Å². The van der Waals surface area contributed by atoms with Crippen molar-refractivity contribution in [1.29, 1.82) is 0 Å². The normalized spacial score (nSPS) is 15.5. The lowest BCUT2D eigenvalue weighted by Gasteiger charge is -2.33. The van der Waals surface area contributed by atoms with E-state index < -0.39 is 10.0 Å². The van der Waals surface area contributed by atoms with Crippen LogP contribution >= 0.6 is 24.8 Å². The molecule has 1 aromatic rings. The van der Waals surface area contributed by atoms with Crippen LogP contribution in [0.3, 0.4) is 0 Å². The van der Waals surface area contributed by atoms with Gasteiger partial charge in [0.05, 0.1) is 4.90 Å². The van der Waals surface area contributed by atoms with Crippen molar-refractivity contribution >= 4 is 46.4 Å². The molecular weight excluding hydrogens is 411 g/mol. The van der Waals surface area contributed by atoms with E-state index in [1.807, 2.05) is 7.05 Å². The maximum absolute atomic E-state index is 12.8. The monoisotopic (exact) mass is 440 g/mol. The molecular formula is C17H30Cl2N4O3S. The van der Waals surface area contributed by atoms with Gasteiger partial charge < -0.3 is 15.5 Å². The number of halogens is 2. The molecule has 0 aliphatic carbocycles. The summed E-state index contributed by atoms with van der Waals surface area (Å²) in [7, 11) is -1.69. The van der Waals surface area contributed by atoms with Crippen molar-refractivity contribution in [2.24, 2.45) is 0 Å². The number of hydrogen-bond acceptors (Lipinski definition) is 5. The van der Waals surface area contributed by atoms with E-state index in [1.54, 1.807) is 18.2 Å². The third-order valence-corrected chi connectivity index (χ3v) is 6.26. The first-order chi connectivity index (χ1) is 12.0.